The predicted octanol–water partition coefficient (Wildman–Crippen LogP) is 4.85. The standard InChI is InChI=1S/C26H29F3N2O5S2/c1-26(2,3)36-25(33)30-22(12-17-8-5-4-6-9-17)23(32)16-31(15-18-10-7-11-37-18)38(34,35)24-14-20(28)19(27)13-21(24)29/h4-11,13-14,22-23,32H,12,15-16H2,1-3H3,(H,30,33)/t22-,23+/m0/s1. The molecule has 0 unspecified atom stereocenters. The lowest BCUT2D eigenvalue weighted by molar-refractivity contribution is 0.0401. The Labute approximate surface area is 223 Å². The summed E-state index contributed by atoms with van der Waals surface area (Å²) in [6, 6.07) is 11.6. The number of carbonyl (C=O) groups is 1. The third-order valence-electron chi connectivity index (χ3n) is 5.36. The zero-order chi connectivity index (χ0) is 28.1. The molecule has 1 aromatic heterocycles. The number of nitrogens with one attached hydrogen (secondary N) is 1. The second-order valence-electron chi connectivity index (χ2n) is 9.58. The molecule has 0 aliphatic carbocycles. The van der Waals surface area contributed by atoms with Crippen molar-refractivity contribution in [1.82, 2.24) is 9.62 Å². The second kappa shape index (κ2) is 12.3. The lowest BCUT2D eigenvalue weighted by Crippen LogP contribution is -2.51. The van der Waals surface area contributed by atoms with E-state index >= 15 is 0 Å². The van der Waals surface area contributed by atoms with Crippen LogP contribution in [-0.4, -0.2) is 48.2 Å². The minimum atomic E-state index is -4.75. The molecule has 2 atom stereocenters. The van der Waals surface area contributed by atoms with E-state index in [1.165, 1.54) is 11.3 Å². The molecule has 3 aromatic rings. The molecule has 0 fully saturated rings. The number of ether oxygens (including phenoxy) is 1. The molecular formula is C26H29F3N2O5S2. The Bertz CT molecular complexity index is 1330. The highest BCUT2D eigenvalue weighted by Crippen LogP contribution is 2.26. The number of benzene rings is 2. The average molecular weight is 571 g/mol. The van der Waals surface area contributed by atoms with Crippen molar-refractivity contribution in [2.75, 3.05) is 6.54 Å². The normalized spacial score (nSPS) is 13.8. The largest absolute Gasteiger partial charge is 0.444 e. The quantitative estimate of drug-likeness (QED) is 0.340. The molecule has 0 radical (unpaired) electrons. The summed E-state index contributed by atoms with van der Waals surface area (Å²) < 4.78 is 74.9. The van der Waals surface area contributed by atoms with Gasteiger partial charge in [0.15, 0.2) is 11.6 Å². The molecular weight excluding hydrogens is 541 g/mol. The second-order valence-corrected chi connectivity index (χ2v) is 12.5. The Morgan fingerprint density at radius 2 is 1.71 bits per heavy atom. The topological polar surface area (TPSA) is 95.9 Å². The predicted molar refractivity (Wildman–Crippen MR) is 138 cm³/mol. The van der Waals surface area contributed by atoms with Crippen LogP contribution in [0.5, 0.6) is 0 Å². The van der Waals surface area contributed by atoms with E-state index in [9.17, 15) is 31.5 Å². The zero-order valence-corrected chi connectivity index (χ0v) is 22.7. The van der Waals surface area contributed by atoms with Gasteiger partial charge in [0.2, 0.25) is 10.0 Å². The Kier molecular flexibility index (Phi) is 9.58. The van der Waals surface area contributed by atoms with E-state index < -0.39 is 62.8 Å². The van der Waals surface area contributed by atoms with Crippen LogP contribution in [0, 0.1) is 17.5 Å². The van der Waals surface area contributed by atoms with Crippen LogP contribution in [0.1, 0.15) is 31.2 Å². The molecule has 0 saturated carbocycles. The fourth-order valence-electron chi connectivity index (χ4n) is 3.61. The summed E-state index contributed by atoms with van der Waals surface area (Å²) in [4.78, 5) is 12.0. The molecule has 1 heterocycles. The summed E-state index contributed by atoms with van der Waals surface area (Å²) in [6.45, 7) is 4.13. The number of hydrogen-bond acceptors (Lipinski definition) is 6. The summed E-state index contributed by atoms with van der Waals surface area (Å²) in [5, 5.41) is 15.5. The number of carbonyl (C=O) groups excluding carboxylic acids is 1. The maximum absolute atomic E-state index is 14.5. The highest BCUT2D eigenvalue weighted by Gasteiger charge is 2.34. The lowest BCUT2D eigenvalue weighted by Gasteiger charge is -2.30. The molecule has 38 heavy (non-hydrogen) atoms. The first-order valence-corrected chi connectivity index (χ1v) is 14.0. The Hall–Kier alpha value is -2.93. The lowest BCUT2D eigenvalue weighted by atomic mass is 10.0. The average Bonchev–Trinajstić information content (AvgIpc) is 3.33. The van der Waals surface area contributed by atoms with Crippen LogP contribution in [-0.2, 0) is 27.7 Å². The minimum absolute atomic E-state index is 0.119. The SMILES string of the molecule is CC(C)(C)OC(=O)N[C@@H](Cc1ccccc1)[C@H](O)CN(Cc1cccs1)S(=O)(=O)c1cc(F)c(F)cc1F. The van der Waals surface area contributed by atoms with Gasteiger partial charge in [-0.05, 0) is 50.3 Å². The van der Waals surface area contributed by atoms with Crippen molar-refractivity contribution in [2.45, 2.75) is 56.4 Å². The number of aliphatic hydroxyl groups is 1. The molecule has 0 spiro atoms. The van der Waals surface area contributed by atoms with Gasteiger partial charge >= 0.3 is 6.09 Å². The molecule has 2 N–H and O–H groups in total. The third kappa shape index (κ3) is 8.03. The maximum atomic E-state index is 14.5. The van der Waals surface area contributed by atoms with Gasteiger partial charge < -0.3 is 15.2 Å². The molecule has 0 aliphatic heterocycles. The van der Waals surface area contributed by atoms with Crippen molar-refractivity contribution < 1.29 is 36.2 Å². The van der Waals surface area contributed by atoms with E-state index in [0.717, 1.165) is 9.87 Å². The number of thiophene rings is 1. The number of sulfonamides is 1. The summed E-state index contributed by atoms with van der Waals surface area (Å²) in [7, 11) is -4.75. The first kappa shape index (κ1) is 29.6. The van der Waals surface area contributed by atoms with E-state index in [-0.39, 0.29) is 25.1 Å². The number of hydrogen-bond donors (Lipinski definition) is 2. The van der Waals surface area contributed by atoms with E-state index in [1.54, 1.807) is 68.6 Å². The highest BCUT2D eigenvalue weighted by atomic mass is 32.2. The highest BCUT2D eigenvalue weighted by molar-refractivity contribution is 7.89. The molecule has 3 rings (SSSR count). The van der Waals surface area contributed by atoms with Gasteiger partial charge in [-0.2, -0.15) is 4.31 Å². The summed E-state index contributed by atoms with van der Waals surface area (Å²) >= 11 is 1.22. The summed E-state index contributed by atoms with van der Waals surface area (Å²) in [5.74, 6) is -4.53. The smallest absolute Gasteiger partial charge is 0.407 e. The zero-order valence-electron chi connectivity index (χ0n) is 21.0. The van der Waals surface area contributed by atoms with Crippen molar-refractivity contribution in [3.05, 3.63) is 87.9 Å². The summed E-state index contributed by atoms with van der Waals surface area (Å²) in [5.41, 5.74) is -0.0858. The van der Waals surface area contributed by atoms with Crippen molar-refractivity contribution in [1.29, 1.82) is 0 Å². The fraction of sp³-hybridized carbons (Fsp3) is 0.346. The molecule has 0 aliphatic rings. The monoisotopic (exact) mass is 570 g/mol. The van der Waals surface area contributed by atoms with Crippen LogP contribution in [0.2, 0.25) is 0 Å². The van der Waals surface area contributed by atoms with Gasteiger partial charge in [0.1, 0.15) is 16.3 Å². The van der Waals surface area contributed by atoms with Crippen molar-refractivity contribution in [3.8, 4) is 0 Å². The number of nitrogens with zero attached hydrogens (tertiary/aromatic N) is 1. The number of rotatable bonds is 10. The summed E-state index contributed by atoms with van der Waals surface area (Å²) in [6.07, 6.45) is -2.20. The molecule has 12 heteroatoms. The number of halogens is 3. The molecule has 7 nitrogen and oxygen atoms in total. The van der Waals surface area contributed by atoms with E-state index in [2.05, 4.69) is 5.32 Å². The van der Waals surface area contributed by atoms with Gasteiger partial charge in [0, 0.05) is 24.0 Å². The van der Waals surface area contributed by atoms with Gasteiger partial charge in [-0.1, -0.05) is 36.4 Å². The van der Waals surface area contributed by atoms with Crippen molar-refractivity contribution >= 4 is 27.5 Å². The van der Waals surface area contributed by atoms with Gasteiger partial charge in [-0.3, -0.25) is 0 Å². The third-order valence-corrected chi connectivity index (χ3v) is 8.05. The number of alkyl carbamates (subject to hydrolysis) is 1. The van der Waals surface area contributed by atoms with Gasteiger partial charge in [-0.25, -0.2) is 26.4 Å². The maximum Gasteiger partial charge on any atom is 0.407 e. The van der Waals surface area contributed by atoms with Gasteiger partial charge in [-0.15, -0.1) is 11.3 Å². The van der Waals surface area contributed by atoms with E-state index in [0.29, 0.717) is 4.88 Å². The molecule has 0 saturated heterocycles. The minimum Gasteiger partial charge on any atom is -0.444 e. The first-order valence-electron chi connectivity index (χ1n) is 11.6. The number of aliphatic hydroxyl groups excluding tert-OH is 1. The molecule has 0 bridgehead atoms. The van der Waals surface area contributed by atoms with Crippen LogP contribution in [0.15, 0.2) is 64.9 Å². The molecule has 2 aromatic carbocycles. The van der Waals surface area contributed by atoms with Crippen LogP contribution < -0.4 is 5.32 Å². The van der Waals surface area contributed by atoms with Gasteiger partial charge in [0.05, 0.1) is 12.1 Å². The number of amides is 1. The van der Waals surface area contributed by atoms with Crippen LogP contribution >= 0.6 is 11.3 Å². The Balaban J connectivity index is 1.95. The van der Waals surface area contributed by atoms with Crippen LogP contribution in [0.3, 0.4) is 0 Å². The van der Waals surface area contributed by atoms with Crippen LogP contribution in [0.4, 0.5) is 18.0 Å². The van der Waals surface area contributed by atoms with Crippen molar-refractivity contribution in [2.24, 2.45) is 0 Å². The Morgan fingerprint density at radius 3 is 2.32 bits per heavy atom. The molecule has 206 valence electrons. The Morgan fingerprint density at radius 1 is 1.05 bits per heavy atom. The van der Waals surface area contributed by atoms with Crippen LogP contribution in [0.25, 0.3) is 0 Å². The first-order chi connectivity index (χ1) is 17.8. The van der Waals surface area contributed by atoms with Crippen molar-refractivity contribution in [3.63, 3.8) is 0 Å². The molecule has 1 amide bonds. The van der Waals surface area contributed by atoms with Gasteiger partial charge in [0.25, 0.3) is 0 Å². The van der Waals surface area contributed by atoms with E-state index in [4.69, 9.17) is 4.74 Å². The fourth-order valence-corrected chi connectivity index (χ4v) is 5.91. The van der Waals surface area contributed by atoms with E-state index in [1.807, 2.05) is 0 Å².